The molecule has 0 atom stereocenters. The van der Waals surface area contributed by atoms with Crippen LogP contribution >= 0.6 is 0 Å². The molecule has 7 nitrogen and oxygen atoms in total. The first-order chi connectivity index (χ1) is 8.70. The molecule has 0 unspecified atom stereocenters. The molecule has 0 aromatic carbocycles. The highest BCUT2D eigenvalue weighted by Crippen LogP contribution is 2.22. The minimum atomic E-state index is -1.81. The van der Waals surface area contributed by atoms with Crippen molar-refractivity contribution in [3.8, 4) is 0 Å². The molecular weight excluding hydrogens is 256 g/mol. The van der Waals surface area contributed by atoms with E-state index in [1.165, 1.54) is 19.3 Å². The number of hydrogen-bond donors (Lipinski definition) is 2. The summed E-state index contributed by atoms with van der Waals surface area (Å²) in [5, 5.41) is 15.0. The molecule has 19 heavy (non-hydrogen) atoms. The van der Waals surface area contributed by atoms with Crippen LogP contribution in [0.1, 0.15) is 52.9 Å². The van der Waals surface area contributed by atoms with E-state index in [4.69, 9.17) is 20.0 Å². The summed E-state index contributed by atoms with van der Waals surface area (Å²) in [5.41, 5.74) is -0.169. The number of carbonyl (C=O) groups is 2. The van der Waals surface area contributed by atoms with E-state index in [1.54, 1.807) is 0 Å². The van der Waals surface area contributed by atoms with Gasteiger partial charge in [-0.05, 0) is 33.6 Å². The SMILES string of the molecule is CC(C)(C)OOC1CCCCC1.O=C(O)OC(=O)O. The molecule has 0 radical (unpaired) electrons. The van der Waals surface area contributed by atoms with Crippen molar-refractivity contribution in [3.05, 3.63) is 0 Å². The minimum Gasteiger partial charge on any atom is -0.449 e. The van der Waals surface area contributed by atoms with Gasteiger partial charge in [-0.25, -0.2) is 19.4 Å². The van der Waals surface area contributed by atoms with Gasteiger partial charge in [0, 0.05) is 0 Å². The molecule has 112 valence electrons. The Kier molecular flexibility index (Phi) is 8.09. The Bertz CT molecular complexity index is 264. The number of ether oxygens (including phenoxy) is 1. The van der Waals surface area contributed by atoms with E-state index >= 15 is 0 Å². The largest absolute Gasteiger partial charge is 0.516 e. The second-order valence-corrected chi connectivity index (χ2v) is 5.19. The molecular formula is C12H22O7. The van der Waals surface area contributed by atoms with E-state index in [-0.39, 0.29) is 5.60 Å². The summed E-state index contributed by atoms with van der Waals surface area (Å²) in [6, 6.07) is 0. The van der Waals surface area contributed by atoms with E-state index in [2.05, 4.69) is 4.74 Å². The van der Waals surface area contributed by atoms with Crippen molar-refractivity contribution < 1.29 is 34.3 Å². The van der Waals surface area contributed by atoms with Crippen molar-refractivity contribution in [3.63, 3.8) is 0 Å². The van der Waals surface area contributed by atoms with Gasteiger partial charge in [-0.1, -0.05) is 19.3 Å². The zero-order valence-corrected chi connectivity index (χ0v) is 11.5. The summed E-state index contributed by atoms with van der Waals surface area (Å²) < 4.78 is 3.08. The first-order valence-electron chi connectivity index (χ1n) is 6.19. The molecule has 0 heterocycles. The third-order valence-corrected chi connectivity index (χ3v) is 2.16. The highest BCUT2D eigenvalue weighted by molar-refractivity contribution is 5.74. The third kappa shape index (κ3) is 12.9. The molecule has 2 N–H and O–H groups in total. The summed E-state index contributed by atoms with van der Waals surface area (Å²) in [4.78, 5) is 29.0. The Labute approximate surface area is 112 Å². The lowest BCUT2D eigenvalue weighted by Crippen LogP contribution is -2.25. The second-order valence-electron chi connectivity index (χ2n) is 5.19. The van der Waals surface area contributed by atoms with Crippen LogP contribution in [0.25, 0.3) is 0 Å². The highest BCUT2D eigenvalue weighted by Gasteiger charge is 2.18. The van der Waals surface area contributed by atoms with Gasteiger partial charge in [-0.2, -0.15) is 0 Å². The summed E-state index contributed by atoms with van der Waals surface area (Å²) in [7, 11) is 0. The molecule has 0 aromatic heterocycles. The first-order valence-corrected chi connectivity index (χ1v) is 6.19. The molecule has 0 aliphatic heterocycles. The fourth-order valence-electron chi connectivity index (χ4n) is 1.45. The van der Waals surface area contributed by atoms with E-state index in [0.717, 1.165) is 12.8 Å². The van der Waals surface area contributed by atoms with Crippen LogP contribution in [-0.4, -0.2) is 34.2 Å². The Morgan fingerprint density at radius 3 is 1.79 bits per heavy atom. The van der Waals surface area contributed by atoms with Gasteiger partial charge in [0.1, 0.15) is 0 Å². The van der Waals surface area contributed by atoms with Crippen molar-refractivity contribution in [1.29, 1.82) is 0 Å². The smallest absolute Gasteiger partial charge is 0.449 e. The predicted octanol–water partition coefficient (Wildman–Crippen LogP) is 3.42. The highest BCUT2D eigenvalue weighted by atomic mass is 17.2. The van der Waals surface area contributed by atoms with Crippen molar-refractivity contribution in [1.82, 2.24) is 0 Å². The van der Waals surface area contributed by atoms with E-state index in [9.17, 15) is 9.59 Å². The Hall–Kier alpha value is -1.34. The average molecular weight is 278 g/mol. The maximum atomic E-state index is 9.21. The quantitative estimate of drug-likeness (QED) is 0.345. The van der Waals surface area contributed by atoms with Crippen LogP contribution in [0.3, 0.4) is 0 Å². The molecule has 0 bridgehead atoms. The monoisotopic (exact) mass is 278 g/mol. The van der Waals surface area contributed by atoms with Crippen LogP contribution in [0.4, 0.5) is 9.59 Å². The molecule has 0 saturated heterocycles. The molecule has 7 heteroatoms. The van der Waals surface area contributed by atoms with Gasteiger partial charge in [0.2, 0.25) is 0 Å². The standard InChI is InChI=1S/C10H20O2.C2H2O5/c1-10(2,3)12-11-9-7-5-4-6-8-9;3-1(4)7-2(5)6/h9H,4-8H2,1-3H3;(H,3,4)(H,5,6). The zero-order chi connectivity index (χ0) is 14.9. The maximum Gasteiger partial charge on any atom is 0.516 e. The molecule has 1 aliphatic carbocycles. The lowest BCUT2D eigenvalue weighted by atomic mass is 9.98. The van der Waals surface area contributed by atoms with E-state index in [1.807, 2.05) is 20.8 Å². The lowest BCUT2D eigenvalue weighted by Gasteiger charge is -2.25. The average Bonchev–Trinajstić information content (AvgIpc) is 2.26. The van der Waals surface area contributed by atoms with Gasteiger partial charge in [-0.15, -0.1) is 0 Å². The summed E-state index contributed by atoms with van der Waals surface area (Å²) >= 11 is 0. The van der Waals surface area contributed by atoms with Crippen LogP contribution in [0.2, 0.25) is 0 Å². The van der Waals surface area contributed by atoms with E-state index in [0.29, 0.717) is 6.10 Å². The van der Waals surface area contributed by atoms with Gasteiger partial charge < -0.3 is 14.9 Å². The zero-order valence-electron chi connectivity index (χ0n) is 11.5. The maximum absolute atomic E-state index is 9.21. The Morgan fingerprint density at radius 2 is 1.47 bits per heavy atom. The fourth-order valence-corrected chi connectivity index (χ4v) is 1.45. The topological polar surface area (TPSA) is 102 Å². The van der Waals surface area contributed by atoms with Crippen molar-refractivity contribution in [2.75, 3.05) is 0 Å². The van der Waals surface area contributed by atoms with Gasteiger partial charge in [0.15, 0.2) is 0 Å². The molecule has 0 amide bonds. The van der Waals surface area contributed by atoms with Gasteiger partial charge in [-0.3, -0.25) is 0 Å². The van der Waals surface area contributed by atoms with Crippen LogP contribution in [0.5, 0.6) is 0 Å². The van der Waals surface area contributed by atoms with E-state index < -0.39 is 12.3 Å². The fraction of sp³-hybridized carbons (Fsp3) is 0.833. The Morgan fingerprint density at radius 1 is 1.00 bits per heavy atom. The normalized spacial score (nSPS) is 16.2. The van der Waals surface area contributed by atoms with Gasteiger partial charge in [0.25, 0.3) is 0 Å². The second kappa shape index (κ2) is 8.71. The van der Waals surface area contributed by atoms with Crippen LogP contribution in [-0.2, 0) is 14.5 Å². The molecule has 1 fully saturated rings. The first kappa shape index (κ1) is 17.7. The number of hydrogen-bond acceptors (Lipinski definition) is 5. The molecule has 1 rings (SSSR count). The van der Waals surface area contributed by atoms with Crippen LogP contribution in [0.15, 0.2) is 0 Å². The molecule has 0 spiro atoms. The van der Waals surface area contributed by atoms with Crippen molar-refractivity contribution in [2.45, 2.75) is 64.6 Å². The minimum absolute atomic E-state index is 0.169. The molecule has 1 aliphatic rings. The van der Waals surface area contributed by atoms with Crippen LogP contribution in [0, 0.1) is 0 Å². The number of carboxylic acid groups (broad SMARTS) is 2. The van der Waals surface area contributed by atoms with Crippen molar-refractivity contribution >= 4 is 12.3 Å². The molecule has 0 aromatic rings. The third-order valence-electron chi connectivity index (χ3n) is 2.16. The lowest BCUT2D eigenvalue weighted by molar-refractivity contribution is -0.376. The summed E-state index contributed by atoms with van der Waals surface area (Å²) in [6.45, 7) is 6.03. The number of rotatable bonds is 2. The summed E-state index contributed by atoms with van der Waals surface area (Å²) in [6.07, 6.45) is 2.98. The predicted molar refractivity (Wildman–Crippen MR) is 65.9 cm³/mol. The van der Waals surface area contributed by atoms with Gasteiger partial charge >= 0.3 is 12.3 Å². The van der Waals surface area contributed by atoms with Crippen molar-refractivity contribution in [2.24, 2.45) is 0 Å². The van der Waals surface area contributed by atoms with Crippen LogP contribution < -0.4 is 0 Å². The molecule has 1 saturated carbocycles. The van der Waals surface area contributed by atoms with Gasteiger partial charge in [0.05, 0.1) is 11.7 Å². The Balaban J connectivity index is 0.000000399. The summed E-state index contributed by atoms with van der Waals surface area (Å²) in [5.74, 6) is 0.